The first-order valence-corrected chi connectivity index (χ1v) is 12.9. The van der Waals surface area contributed by atoms with Crippen molar-refractivity contribution in [3.8, 4) is 12.8 Å². The van der Waals surface area contributed by atoms with Crippen LogP contribution in [0, 0.1) is 24.5 Å². The number of aldehydes is 1. The summed E-state index contributed by atoms with van der Waals surface area (Å²) in [7, 11) is 1.70. The van der Waals surface area contributed by atoms with Crippen molar-refractivity contribution >= 4 is 18.3 Å². The van der Waals surface area contributed by atoms with Gasteiger partial charge in [-0.05, 0) is 58.2 Å². The van der Waals surface area contributed by atoms with E-state index < -0.39 is 23.3 Å². The molecule has 2 amide bonds. The fraction of sp³-hybridized carbons (Fsp3) is 0.323. The van der Waals surface area contributed by atoms with E-state index in [-0.39, 0.29) is 18.0 Å². The van der Waals surface area contributed by atoms with Crippen molar-refractivity contribution in [2.75, 3.05) is 7.05 Å². The Bertz CT molecular complexity index is 1340. The number of nitrogens with zero attached hydrogens (tertiary/aromatic N) is 3. The van der Waals surface area contributed by atoms with E-state index in [1.54, 1.807) is 69.4 Å². The van der Waals surface area contributed by atoms with Crippen LogP contribution in [0.3, 0.4) is 0 Å². The van der Waals surface area contributed by atoms with Gasteiger partial charge in [0.25, 0.3) is 5.91 Å². The van der Waals surface area contributed by atoms with Crippen LogP contribution in [0.4, 0.5) is 13.6 Å². The van der Waals surface area contributed by atoms with Crippen molar-refractivity contribution in [1.29, 1.82) is 0 Å². The summed E-state index contributed by atoms with van der Waals surface area (Å²) in [5.74, 6) is -1.86. The van der Waals surface area contributed by atoms with Crippen molar-refractivity contribution in [3.63, 3.8) is 0 Å². The largest absolute Gasteiger partial charge is 0.444 e. The molecule has 0 saturated heterocycles. The van der Waals surface area contributed by atoms with Crippen LogP contribution in [0.1, 0.15) is 84.2 Å². The third kappa shape index (κ3) is 9.21. The lowest BCUT2D eigenvalue weighted by Crippen LogP contribution is -2.36. The molecule has 2 aromatic carbocycles. The Morgan fingerprint density at radius 3 is 2.10 bits per heavy atom. The van der Waals surface area contributed by atoms with E-state index in [1.807, 2.05) is 0 Å². The van der Waals surface area contributed by atoms with Crippen LogP contribution in [-0.4, -0.2) is 45.8 Å². The maximum atomic E-state index is 13.2. The monoisotopic (exact) mass is 564 g/mol. The molecule has 1 aliphatic rings. The van der Waals surface area contributed by atoms with Gasteiger partial charge in [0.1, 0.15) is 5.60 Å². The van der Waals surface area contributed by atoms with Crippen LogP contribution >= 0.6 is 0 Å². The van der Waals surface area contributed by atoms with Gasteiger partial charge in [0.2, 0.25) is 0 Å². The Labute approximate surface area is 239 Å². The predicted octanol–water partition coefficient (Wildman–Crippen LogP) is 6.07. The number of amides is 2. The first kappa shape index (κ1) is 32.6. The second-order valence-electron chi connectivity index (χ2n) is 10.0. The zero-order valence-corrected chi connectivity index (χ0v) is 23.5. The number of nitrogens with one attached hydrogen (secondary N) is 1. The summed E-state index contributed by atoms with van der Waals surface area (Å²) in [6.07, 6.45) is 13.4. The second-order valence-corrected chi connectivity index (χ2v) is 10.0. The normalized spacial score (nSPS) is 15.7. The van der Waals surface area contributed by atoms with Crippen molar-refractivity contribution in [3.05, 3.63) is 95.1 Å². The van der Waals surface area contributed by atoms with Crippen LogP contribution in [0.25, 0.3) is 0 Å². The topological polar surface area (TPSA) is 101 Å². The van der Waals surface area contributed by atoms with Gasteiger partial charge in [-0.2, -0.15) is 0 Å². The molecule has 8 nitrogen and oxygen atoms in total. The minimum Gasteiger partial charge on any atom is -0.444 e. The quantitative estimate of drug-likeness (QED) is 0.235. The van der Waals surface area contributed by atoms with Gasteiger partial charge in [-0.1, -0.05) is 30.3 Å². The first-order chi connectivity index (χ1) is 19.5. The van der Waals surface area contributed by atoms with Crippen molar-refractivity contribution in [2.24, 2.45) is 0 Å². The smallest absolute Gasteiger partial charge is 0.408 e. The van der Waals surface area contributed by atoms with E-state index in [9.17, 15) is 23.2 Å². The molecular weight excluding hydrogens is 530 g/mol. The summed E-state index contributed by atoms with van der Waals surface area (Å²) in [5.41, 5.74) is 1.34. The number of ether oxygens (including phenoxy) is 1. The van der Waals surface area contributed by atoms with Gasteiger partial charge in [0, 0.05) is 25.0 Å². The predicted molar refractivity (Wildman–Crippen MR) is 151 cm³/mol. The highest BCUT2D eigenvalue weighted by Gasteiger charge is 2.33. The summed E-state index contributed by atoms with van der Waals surface area (Å²) in [5, 5.41) is 2.90. The first-order valence-electron chi connectivity index (χ1n) is 12.9. The molecule has 1 aromatic heterocycles. The maximum Gasteiger partial charge on any atom is 0.408 e. The SMILES string of the molecule is C#C.CN(C(=O)c1ccccc1C=O)[C@@H]1CCC[C@H](NC(=O)OC(C)(C)C)c2nccnc21.Fc1ccccc1F. The van der Waals surface area contributed by atoms with Crippen LogP contribution in [0.15, 0.2) is 60.9 Å². The van der Waals surface area contributed by atoms with Crippen molar-refractivity contribution < 1.29 is 27.9 Å². The molecule has 1 aliphatic carbocycles. The highest BCUT2D eigenvalue weighted by molar-refractivity contribution is 6.01. The third-order valence-corrected chi connectivity index (χ3v) is 5.99. The number of terminal acetylenes is 1. The molecule has 0 aliphatic heterocycles. The minimum atomic E-state index is -0.799. The second kappa shape index (κ2) is 15.2. The number of carbonyl (C=O) groups is 3. The number of halogens is 2. The molecule has 10 heteroatoms. The molecule has 0 saturated carbocycles. The number of aromatic nitrogens is 2. The lowest BCUT2D eigenvalue weighted by atomic mass is 10.0. The van der Waals surface area contributed by atoms with Crippen LogP contribution in [0.5, 0.6) is 0 Å². The summed E-state index contributed by atoms with van der Waals surface area (Å²) in [6.45, 7) is 5.42. The molecule has 0 bridgehead atoms. The molecular formula is C31H34F2N4O4. The molecule has 0 spiro atoms. The van der Waals surface area contributed by atoms with E-state index in [1.165, 1.54) is 12.1 Å². The Balaban J connectivity index is 0.000000500. The number of hydrogen-bond acceptors (Lipinski definition) is 6. The standard InChI is InChI=1S/C23H28N4O4.C6H4F2.C2H2/c1-23(2,3)31-22(30)26-17-10-7-11-18(20-19(17)24-12-13-25-20)27(4)21(29)16-9-6-5-8-15(16)14-28;7-5-3-1-2-4-6(5)8;1-2/h5-6,8-9,12-14,17-18H,7,10-11H2,1-4H3,(H,26,30);1-4H;1-2H/t17-,18+;;/m0../s1. The highest BCUT2D eigenvalue weighted by Crippen LogP contribution is 2.35. The summed E-state index contributed by atoms with van der Waals surface area (Å²) < 4.78 is 29.3. The van der Waals surface area contributed by atoms with Crippen LogP contribution < -0.4 is 5.32 Å². The van der Waals surface area contributed by atoms with E-state index in [2.05, 4.69) is 28.1 Å². The van der Waals surface area contributed by atoms with E-state index in [4.69, 9.17) is 4.74 Å². The third-order valence-electron chi connectivity index (χ3n) is 5.99. The zero-order valence-electron chi connectivity index (χ0n) is 23.5. The lowest BCUT2D eigenvalue weighted by Gasteiger charge is -2.28. The fourth-order valence-electron chi connectivity index (χ4n) is 4.21. The lowest BCUT2D eigenvalue weighted by molar-refractivity contribution is 0.0499. The Morgan fingerprint density at radius 2 is 1.54 bits per heavy atom. The summed E-state index contributed by atoms with van der Waals surface area (Å²) in [6, 6.07) is 11.1. The van der Waals surface area contributed by atoms with Crippen LogP contribution in [-0.2, 0) is 4.74 Å². The summed E-state index contributed by atoms with van der Waals surface area (Å²) in [4.78, 5) is 47.5. The van der Waals surface area contributed by atoms with E-state index in [0.29, 0.717) is 41.6 Å². The molecule has 4 rings (SSSR count). The number of rotatable bonds is 4. The molecule has 0 fully saturated rings. The van der Waals surface area contributed by atoms with Gasteiger partial charge >= 0.3 is 6.09 Å². The van der Waals surface area contributed by atoms with Crippen molar-refractivity contribution in [1.82, 2.24) is 20.2 Å². The Hall–Kier alpha value is -4.65. The van der Waals surface area contributed by atoms with Gasteiger partial charge in [-0.3, -0.25) is 19.6 Å². The molecule has 216 valence electrons. The van der Waals surface area contributed by atoms with Gasteiger partial charge in [0.05, 0.1) is 29.0 Å². The molecule has 3 aromatic rings. The highest BCUT2D eigenvalue weighted by atomic mass is 19.2. The number of benzene rings is 2. The van der Waals surface area contributed by atoms with Gasteiger partial charge < -0.3 is 15.0 Å². The number of alkyl carbamates (subject to hydrolysis) is 1. The van der Waals surface area contributed by atoms with Gasteiger partial charge in [0.15, 0.2) is 17.9 Å². The zero-order chi connectivity index (χ0) is 30.6. The molecule has 1 N–H and O–H groups in total. The minimum absolute atomic E-state index is 0.261. The van der Waals surface area contributed by atoms with Crippen LogP contribution in [0.2, 0.25) is 0 Å². The molecule has 1 heterocycles. The number of carbonyl (C=O) groups excluding carboxylic acids is 3. The average molecular weight is 565 g/mol. The van der Waals surface area contributed by atoms with Gasteiger partial charge in [-0.15, -0.1) is 12.8 Å². The molecule has 2 atom stereocenters. The molecule has 0 radical (unpaired) electrons. The Morgan fingerprint density at radius 1 is 0.976 bits per heavy atom. The number of hydrogen-bond donors (Lipinski definition) is 1. The molecule has 0 unspecified atom stereocenters. The Kier molecular flexibility index (Phi) is 12.1. The maximum absolute atomic E-state index is 13.2. The average Bonchev–Trinajstić information content (AvgIpc) is 3.13. The van der Waals surface area contributed by atoms with E-state index >= 15 is 0 Å². The number of fused-ring (bicyclic) bond motifs is 1. The molecule has 41 heavy (non-hydrogen) atoms. The summed E-state index contributed by atoms with van der Waals surface area (Å²) >= 11 is 0. The fourth-order valence-corrected chi connectivity index (χ4v) is 4.21. The van der Waals surface area contributed by atoms with Gasteiger partial charge in [-0.25, -0.2) is 13.6 Å². The van der Waals surface area contributed by atoms with Crippen molar-refractivity contribution in [2.45, 2.75) is 57.7 Å². The van der Waals surface area contributed by atoms with E-state index in [0.717, 1.165) is 18.6 Å².